The molecule has 128 valence electrons. The van der Waals surface area contributed by atoms with E-state index >= 15 is 0 Å². The molecule has 0 aliphatic heterocycles. The number of hydrogen-bond donors (Lipinski definition) is 1. The number of nitrogens with zero attached hydrogens (tertiary/aromatic N) is 1. The Hall–Kier alpha value is -2.55. The molecule has 2 aromatic carbocycles. The molecule has 1 heterocycles. The van der Waals surface area contributed by atoms with Gasteiger partial charge in [0.05, 0.1) is 0 Å². The van der Waals surface area contributed by atoms with Crippen LogP contribution in [-0.2, 0) is 6.42 Å². The summed E-state index contributed by atoms with van der Waals surface area (Å²) >= 11 is 0. The molecule has 4 rings (SSSR count). The van der Waals surface area contributed by atoms with E-state index in [0.717, 1.165) is 29.2 Å². The van der Waals surface area contributed by atoms with Crippen molar-refractivity contribution >= 4 is 0 Å². The molecular formula is C22H24N2O. The van der Waals surface area contributed by atoms with Gasteiger partial charge in [-0.25, -0.2) is 4.68 Å². The van der Waals surface area contributed by atoms with Crippen LogP contribution in [0.5, 0.6) is 0 Å². The van der Waals surface area contributed by atoms with Crippen molar-refractivity contribution < 1.29 is 0 Å². The molecule has 1 fully saturated rings. The molecule has 0 unspecified atom stereocenters. The molecule has 0 amide bonds. The summed E-state index contributed by atoms with van der Waals surface area (Å²) in [5, 5.41) is 3.41. The minimum Gasteiger partial charge on any atom is -0.299 e. The molecular weight excluding hydrogens is 308 g/mol. The van der Waals surface area contributed by atoms with Gasteiger partial charge in [0.15, 0.2) is 0 Å². The fourth-order valence-corrected chi connectivity index (χ4v) is 4.04. The number of benzene rings is 2. The standard InChI is InChI=1S/C22H24N2O/c25-21-16-20(15-17-9-7-8-10-17)23-24(21)22(18-11-3-1-4-12-18)19-13-5-2-6-14-19/h1-6,11-14,16-17,22-23H,7-10,15H2. The summed E-state index contributed by atoms with van der Waals surface area (Å²) in [6.45, 7) is 0. The zero-order valence-electron chi connectivity index (χ0n) is 14.4. The first-order chi connectivity index (χ1) is 12.3. The van der Waals surface area contributed by atoms with Gasteiger partial charge in [-0.1, -0.05) is 86.3 Å². The van der Waals surface area contributed by atoms with E-state index < -0.39 is 0 Å². The van der Waals surface area contributed by atoms with Crippen LogP contribution in [-0.4, -0.2) is 9.78 Å². The van der Waals surface area contributed by atoms with E-state index in [4.69, 9.17) is 0 Å². The minimum atomic E-state index is -0.118. The van der Waals surface area contributed by atoms with Crippen molar-refractivity contribution in [3.63, 3.8) is 0 Å². The van der Waals surface area contributed by atoms with Gasteiger partial charge in [-0.3, -0.25) is 9.89 Å². The van der Waals surface area contributed by atoms with E-state index in [1.807, 2.05) is 36.4 Å². The molecule has 1 saturated carbocycles. The van der Waals surface area contributed by atoms with Gasteiger partial charge in [-0.05, 0) is 23.5 Å². The maximum absolute atomic E-state index is 12.7. The van der Waals surface area contributed by atoms with E-state index in [1.165, 1.54) is 25.7 Å². The van der Waals surface area contributed by atoms with Crippen molar-refractivity contribution in [2.24, 2.45) is 5.92 Å². The second kappa shape index (κ2) is 7.14. The topological polar surface area (TPSA) is 37.8 Å². The molecule has 3 nitrogen and oxygen atoms in total. The lowest BCUT2D eigenvalue weighted by Crippen LogP contribution is -2.24. The minimum absolute atomic E-state index is 0.0469. The first-order valence-electron chi connectivity index (χ1n) is 9.21. The lowest BCUT2D eigenvalue weighted by Gasteiger charge is -2.19. The Morgan fingerprint density at radius 2 is 1.48 bits per heavy atom. The van der Waals surface area contributed by atoms with E-state index in [1.54, 1.807) is 10.7 Å². The molecule has 0 radical (unpaired) electrons. The van der Waals surface area contributed by atoms with Crippen LogP contribution in [0.4, 0.5) is 0 Å². The first kappa shape index (κ1) is 15.9. The van der Waals surface area contributed by atoms with E-state index in [2.05, 4.69) is 29.4 Å². The van der Waals surface area contributed by atoms with Crippen molar-refractivity contribution in [2.45, 2.75) is 38.1 Å². The van der Waals surface area contributed by atoms with Gasteiger partial charge in [0, 0.05) is 11.8 Å². The molecule has 0 atom stereocenters. The van der Waals surface area contributed by atoms with Crippen LogP contribution in [0, 0.1) is 5.92 Å². The quantitative estimate of drug-likeness (QED) is 0.731. The number of hydrogen-bond acceptors (Lipinski definition) is 1. The maximum atomic E-state index is 12.7. The highest BCUT2D eigenvalue weighted by molar-refractivity contribution is 5.32. The largest absolute Gasteiger partial charge is 0.299 e. The van der Waals surface area contributed by atoms with Crippen molar-refractivity contribution in [1.29, 1.82) is 0 Å². The summed E-state index contributed by atoms with van der Waals surface area (Å²) in [7, 11) is 0. The Morgan fingerprint density at radius 1 is 0.920 bits per heavy atom. The molecule has 0 saturated heterocycles. The molecule has 0 bridgehead atoms. The summed E-state index contributed by atoms with van der Waals surface area (Å²) in [6.07, 6.45) is 6.21. The van der Waals surface area contributed by atoms with E-state index in [-0.39, 0.29) is 11.6 Å². The molecule has 25 heavy (non-hydrogen) atoms. The third-order valence-electron chi connectivity index (χ3n) is 5.27. The zero-order chi connectivity index (χ0) is 17.1. The van der Waals surface area contributed by atoms with Crippen LogP contribution in [0.1, 0.15) is 48.5 Å². The highest BCUT2D eigenvalue weighted by Crippen LogP contribution is 2.28. The monoisotopic (exact) mass is 332 g/mol. The van der Waals surface area contributed by atoms with Crippen molar-refractivity contribution in [3.8, 4) is 0 Å². The Balaban J connectivity index is 1.72. The molecule has 1 aliphatic carbocycles. The normalized spacial score (nSPS) is 15.1. The van der Waals surface area contributed by atoms with E-state index in [0.29, 0.717) is 0 Å². The summed E-state index contributed by atoms with van der Waals surface area (Å²) in [5.74, 6) is 0.721. The predicted octanol–water partition coefficient (Wildman–Crippen LogP) is 4.55. The fraction of sp³-hybridized carbons (Fsp3) is 0.318. The van der Waals surface area contributed by atoms with Crippen molar-refractivity contribution in [3.05, 3.63) is 93.9 Å². The fourth-order valence-electron chi connectivity index (χ4n) is 4.04. The molecule has 1 N–H and O–H groups in total. The second-order valence-corrected chi connectivity index (χ2v) is 7.07. The van der Waals surface area contributed by atoms with Crippen LogP contribution < -0.4 is 5.56 Å². The average molecular weight is 332 g/mol. The predicted molar refractivity (Wildman–Crippen MR) is 101 cm³/mol. The van der Waals surface area contributed by atoms with Gasteiger partial charge >= 0.3 is 0 Å². The number of nitrogens with one attached hydrogen (secondary N) is 1. The van der Waals surface area contributed by atoms with E-state index in [9.17, 15) is 4.79 Å². The summed E-state index contributed by atoms with van der Waals surface area (Å²) in [5.41, 5.74) is 3.34. The lowest BCUT2D eigenvalue weighted by molar-refractivity contribution is 0.519. The van der Waals surface area contributed by atoms with Crippen molar-refractivity contribution in [2.75, 3.05) is 0 Å². The molecule has 3 aromatic rings. The average Bonchev–Trinajstić information content (AvgIpc) is 3.28. The van der Waals surface area contributed by atoms with Crippen LogP contribution in [0.2, 0.25) is 0 Å². The number of rotatable bonds is 5. The summed E-state index contributed by atoms with van der Waals surface area (Å²) < 4.78 is 1.79. The Morgan fingerprint density at radius 3 is 2.04 bits per heavy atom. The third kappa shape index (κ3) is 3.46. The van der Waals surface area contributed by atoms with Crippen LogP contribution in [0.25, 0.3) is 0 Å². The number of H-pyrrole nitrogens is 1. The highest BCUT2D eigenvalue weighted by atomic mass is 16.1. The second-order valence-electron chi connectivity index (χ2n) is 7.07. The van der Waals surface area contributed by atoms with Crippen LogP contribution in [0.15, 0.2) is 71.5 Å². The first-order valence-corrected chi connectivity index (χ1v) is 9.21. The Labute approximate surface area is 148 Å². The molecule has 3 heteroatoms. The SMILES string of the molecule is O=c1cc(CC2CCCC2)[nH]n1C(c1ccccc1)c1ccccc1. The lowest BCUT2D eigenvalue weighted by atomic mass is 9.99. The molecule has 0 spiro atoms. The summed E-state index contributed by atoms with van der Waals surface area (Å²) in [4.78, 5) is 12.7. The number of aromatic nitrogens is 2. The maximum Gasteiger partial charge on any atom is 0.267 e. The van der Waals surface area contributed by atoms with Gasteiger partial charge in [0.25, 0.3) is 5.56 Å². The van der Waals surface area contributed by atoms with Gasteiger partial charge in [-0.2, -0.15) is 0 Å². The van der Waals surface area contributed by atoms with Crippen LogP contribution in [0.3, 0.4) is 0 Å². The van der Waals surface area contributed by atoms with Gasteiger partial charge in [0.2, 0.25) is 0 Å². The Kier molecular flexibility index (Phi) is 4.55. The smallest absolute Gasteiger partial charge is 0.267 e. The third-order valence-corrected chi connectivity index (χ3v) is 5.27. The molecule has 1 aromatic heterocycles. The van der Waals surface area contributed by atoms with Crippen molar-refractivity contribution in [1.82, 2.24) is 9.78 Å². The summed E-state index contributed by atoms with van der Waals surface area (Å²) in [6, 6.07) is 22.1. The zero-order valence-corrected chi connectivity index (χ0v) is 14.4. The molecule has 1 aliphatic rings. The van der Waals surface area contributed by atoms with Crippen LogP contribution >= 0.6 is 0 Å². The van der Waals surface area contributed by atoms with Gasteiger partial charge in [0.1, 0.15) is 6.04 Å². The highest BCUT2D eigenvalue weighted by Gasteiger charge is 2.21. The number of aromatic amines is 1. The van der Waals surface area contributed by atoms with Gasteiger partial charge in [-0.15, -0.1) is 0 Å². The Bertz CT molecular complexity index is 818. The van der Waals surface area contributed by atoms with Gasteiger partial charge < -0.3 is 0 Å².